The molecule has 0 aliphatic carbocycles. The predicted octanol–water partition coefficient (Wildman–Crippen LogP) is 2.68. The van der Waals surface area contributed by atoms with Crippen LogP contribution in [0.3, 0.4) is 0 Å². The van der Waals surface area contributed by atoms with E-state index < -0.39 is 11.9 Å². The Morgan fingerprint density at radius 2 is 1.79 bits per heavy atom. The fourth-order valence-corrected chi connectivity index (χ4v) is 3.63. The zero-order valence-corrected chi connectivity index (χ0v) is 18.9. The Labute approximate surface area is 193 Å². The standard InChI is InChI=1S/C22H29N3O2.C2H2O4/c1-3-25-13-5-8-20(25)16-23-15-17-6-4-7-19(14-17)24-22(26)18-9-11-21(27-2)12-10-18;3-1(4)2(5)6/h4,6-7,9-12,14,20,23H,3,5,8,13,15-16H2,1-2H3,(H,24,26);(H,3,4)(H,5,6). The quantitative estimate of drug-likeness (QED) is 0.446. The third-order valence-corrected chi connectivity index (χ3v) is 5.33. The highest BCUT2D eigenvalue weighted by Crippen LogP contribution is 2.17. The van der Waals surface area contributed by atoms with Crippen molar-refractivity contribution >= 4 is 23.5 Å². The fourth-order valence-electron chi connectivity index (χ4n) is 3.63. The number of rotatable bonds is 8. The SMILES string of the molecule is CCN1CCCC1CNCc1cccc(NC(=O)c2ccc(OC)cc2)c1.O=C(O)C(=O)O. The number of methoxy groups -OCH3 is 1. The summed E-state index contributed by atoms with van der Waals surface area (Å²) in [7, 11) is 1.61. The van der Waals surface area contributed by atoms with E-state index in [1.165, 1.54) is 24.9 Å². The van der Waals surface area contributed by atoms with Gasteiger partial charge in [-0.3, -0.25) is 9.69 Å². The van der Waals surface area contributed by atoms with Crippen molar-refractivity contribution in [1.29, 1.82) is 0 Å². The minimum absolute atomic E-state index is 0.118. The predicted molar refractivity (Wildman–Crippen MR) is 125 cm³/mol. The first-order valence-electron chi connectivity index (χ1n) is 10.8. The zero-order chi connectivity index (χ0) is 24.2. The molecule has 1 aliphatic heterocycles. The molecule has 9 heteroatoms. The number of carbonyl (C=O) groups is 3. The first kappa shape index (κ1) is 25.8. The van der Waals surface area contributed by atoms with Crippen LogP contribution in [-0.4, -0.2) is 65.7 Å². The number of nitrogens with zero attached hydrogens (tertiary/aromatic N) is 1. The zero-order valence-electron chi connectivity index (χ0n) is 18.9. The van der Waals surface area contributed by atoms with Crippen LogP contribution in [0.5, 0.6) is 5.75 Å². The monoisotopic (exact) mass is 457 g/mol. The number of hydrogen-bond donors (Lipinski definition) is 4. The molecule has 1 fully saturated rings. The molecule has 33 heavy (non-hydrogen) atoms. The lowest BCUT2D eigenvalue weighted by Crippen LogP contribution is -2.37. The van der Waals surface area contributed by atoms with E-state index in [9.17, 15) is 4.79 Å². The van der Waals surface area contributed by atoms with E-state index in [0.29, 0.717) is 11.6 Å². The van der Waals surface area contributed by atoms with Crippen LogP contribution in [0.2, 0.25) is 0 Å². The summed E-state index contributed by atoms with van der Waals surface area (Å²) in [6, 6.07) is 15.8. The Morgan fingerprint density at radius 3 is 2.39 bits per heavy atom. The van der Waals surface area contributed by atoms with Gasteiger partial charge in [-0.1, -0.05) is 19.1 Å². The molecule has 2 aromatic rings. The molecule has 1 aliphatic rings. The van der Waals surface area contributed by atoms with Crippen molar-refractivity contribution in [3.8, 4) is 5.75 Å². The Balaban J connectivity index is 0.000000569. The largest absolute Gasteiger partial charge is 0.497 e. The van der Waals surface area contributed by atoms with Crippen LogP contribution in [-0.2, 0) is 16.1 Å². The second kappa shape index (κ2) is 13.2. The van der Waals surface area contributed by atoms with Crippen molar-refractivity contribution in [2.75, 3.05) is 32.1 Å². The second-order valence-corrected chi connectivity index (χ2v) is 7.55. The minimum Gasteiger partial charge on any atom is -0.497 e. The number of anilines is 1. The maximum Gasteiger partial charge on any atom is 0.414 e. The summed E-state index contributed by atoms with van der Waals surface area (Å²) in [6.07, 6.45) is 2.58. The van der Waals surface area contributed by atoms with Crippen LogP contribution >= 0.6 is 0 Å². The van der Waals surface area contributed by atoms with Gasteiger partial charge in [0.25, 0.3) is 5.91 Å². The third kappa shape index (κ3) is 8.55. The summed E-state index contributed by atoms with van der Waals surface area (Å²) in [4.78, 5) is 33.1. The van der Waals surface area contributed by atoms with Gasteiger partial charge in [-0.05, 0) is 67.9 Å². The van der Waals surface area contributed by atoms with Crippen molar-refractivity contribution < 1.29 is 29.3 Å². The van der Waals surface area contributed by atoms with E-state index in [-0.39, 0.29) is 5.91 Å². The topological polar surface area (TPSA) is 128 Å². The maximum atomic E-state index is 12.4. The Kier molecular flexibility index (Phi) is 10.3. The minimum atomic E-state index is -1.82. The van der Waals surface area contributed by atoms with Crippen molar-refractivity contribution in [2.45, 2.75) is 32.4 Å². The molecule has 1 unspecified atom stereocenters. The van der Waals surface area contributed by atoms with Gasteiger partial charge in [0.2, 0.25) is 0 Å². The van der Waals surface area contributed by atoms with Crippen LogP contribution in [0.25, 0.3) is 0 Å². The number of likely N-dealkylation sites (N-methyl/N-ethyl adjacent to an activating group) is 1. The van der Waals surface area contributed by atoms with E-state index in [2.05, 4.69) is 28.5 Å². The number of carbonyl (C=O) groups excluding carboxylic acids is 1. The molecule has 2 aromatic carbocycles. The smallest absolute Gasteiger partial charge is 0.414 e. The Morgan fingerprint density at radius 1 is 1.09 bits per heavy atom. The molecule has 1 saturated heterocycles. The lowest BCUT2D eigenvalue weighted by atomic mass is 10.1. The van der Waals surface area contributed by atoms with E-state index in [0.717, 1.165) is 31.1 Å². The Hall–Kier alpha value is -3.43. The average Bonchev–Trinajstić information content (AvgIpc) is 3.27. The molecule has 1 amide bonds. The first-order valence-corrected chi connectivity index (χ1v) is 10.8. The van der Waals surface area contributed by atoms with Crippen molar-refractivity contribution in [1.82, 2.24) is 10.2 Å². The molecule has 1 atom stereocenters. The van der Waals surface area contributed by atoms with Gasteiger partial charge in [-0.25, -0.2) is 9.59 Å². The highest BCUT2D eigenvalue weighted by Gasteiger charge is 2.22. The third-order valence-electron chi connectivity index (χ3n) is 5.33. The van der Waals surface area contributed by atoms with Crippen LogP contribution in [0.4, 0.5) is 5.69 Å². The van der Waals surface area contributed by atoms with Crippen molar-refractivity contribution in [2.24, 2.45) is 0 Å². The van der Waals surface area contributed by atoms with Gasteiger partial charge in [0.15, 0.2) is 0 Å². The van der Waals surface area contributed by atoms with Gasteiger partial charge < -0.3 is 25.6 Å². The molecule has 0 saturated carbocycles. The molecule has 3 rings (SSSR count). The van der Waals surface area contributed by atoms with Gasteiger partial charge in [-0.2, -0.15) is 0 Å². The summed E-state index contributed by atoms with van der Waals surface area (Å²) >= 11 is 0. The normalized spacial score (nSPS) is 15.3. The number of nitrogens with one attached hydrogen (secondary N) is 2. The van der Waals surface area contributed by atoms with Gasteiger partial charge in [0.1, 0.15) is 5.75 Å². The molecule has 4 N–H and O–H groups in total. The van der Waals surface area contributed by atoms with Gasteiger partial charge >= 0.3 is 11.9 Å². The summed E-state index contributed by atoms with van der Waals surface area (Å²) in [6.45, 7) is 6.39. The number of carboxylic acids is 2. The van der Waals surface area contributed by atoms with Crippen molar-refractivity contribution in [3.63, 3.8) is 0 Å². The van der Waals surface area contributed by atoms with Gasteiger partial charge in [0.05, 0.1) is 7.11 Å². The number of ether oxygens (including phenoxy) is 1. The average molecular weight is 458 g/mol. The lowest BCUT2D eigenvalue weighted by molar-refractivity contribution is -0.159. The summed E-state index contributed by atoms with van der Waals surface area (Å²) in [5.74, 6) is -3.03. The van der Waals surface area contributed by atoms with Crippen LogP contribution in [0.15, 0.2) is 48.5 Å². The van der Waals surface area contributed by atoms with Gasteiger partial charge in [0, 0.05) is 30.4 Å². The molecule has 1 heterocycles. The summed E-state index contributed by atoms with van der Waals surface area (Å²) < 4.78 is 5.13. The molecule has 178 valence electrons. The number of likely N-dealkylation sites (tertiary alicyclic amines) is 1. The number of benzene rings is 2. The van der Waals surface area contributed by atoms with E-state index >= 15 is 0 Å². The molecule has 0 aromatic heterocycles. The van der Waals surface area contributed by atoms with Crippen LogP contribution < -0.4 is 15.4 Å². The fraction of sp³-hybridized carbons (Fsp3) is 0.375. The number of hydrogen-bond acceptors (Lipinski definition) is 6. The molecule has 0 bridgehead atoms. The summed E-state index contributed by atoms with van der Waals surface area (Å²) in [5.41, 5.74) is 2.59. The highest BCUT2D eigenvalue weighted by molar-refractivity contribution is 6.27. The lowest BCUT2D eigenvalue weighted by Gasteiger charge is -2.23. The Bertz CT molecular complexity index is 920. The second-order valence-electron chi connectivity index (χ2n) is 7.55. The van der Waals surface area contributed by atoms with Gasteiger partial charge in [-0.15, -0.1) is 0 Å². The first-order chi connectivity index (χ1) is 15.8. The molecule has 0 spiro atoms. The van der Waals surface area contributed by atoms with Crippen LogP contribution in [0, 0.1) is 0 Å². The molecular formula is C24H31N3O6. The highest BCUT2D eigenvalue weighted by atomic mass is 16.5. The van der Waals surface area contributed by atoms with Crippen LogP contribution in [0.1, 0.15) is 35.7 Å². The number of amides is 1. The van der Waals surface area contributed by atoms with Crippen molar-refractivity contribution in [3.05, 3.63) is 59.7 Å². The van der Waals surface area contributed by atoms with E-state index in [1.54, 1.807) is 31.4 Å². The number of carboxylic acid groups (broad SMARTS) is 2. The molecule has 9 nitrogen and oxygen atoms in total. The molecule has 0 radical (unpaired) electrons. The van der Waals surface area contributed by atoms with E-state index in [4.69, 9.17) is 24.5 Å². The maximum absolute atomic E-state index is 12.4. The summed E-state index contributed by atoms with van der Waals surface area (Å²) in [5, 5.41) is 21.3. The number of aliphatic carboxylic acids is 2. The van der Waals surface area contributed by atoms with E-state index in [1.807, 2.05) is 18.2 Å². The molecular weight excluding hydrogens is 426 g/mol.